The van der Waals surface area contributed by atoms with Gasteiger partial charge in [0, 0.05) is 10.9 Å². The van der Waals surface area contributed by atoms with Gasteiger partial charge in [-0.15, -0.1) is 0 Å². The van der Waals surface area contributed by atoms with E-state index >= 15 is 0 Å². The summed E-state index contributed by atoms with van der Waals surface area (Å²) in [4.78, 5) is 0. The molecule has 0 amide bonds. The average molecular weight is 244 g/mol. The van der Waals surface area contributed by atoms with Crippen LogP contribution < -0.4 is 0 Å². The molecule has 0 bridgehead atoms. The summed E-state index contributed by atoms with van der Waals surface area (Å²) in [7, 11) is 0. The second-order valence-electron chi connectivity index (χ2n) is 4.00. The lowest BCUT2D eigenvalue weighted by atomic mass is 10.0. The molecular weight excluding hydrogens is 234 g/mol. The van der Waals surface area contributed by atoms with Crippen molar-refractivity contribution in [3.63, 3.8) is 0 Å². The third kappa shape index (κ3) is 1.68. The van der Waals surface area contributed by atoms with E-state index < -0.39 is 6.43 Å². The third-order valence-electron chi connectivity index (χ3n) is 2.88. The van der Waals surface area contributed by atoms with Crippen LogP contribution in [0.25, 0.3) is 22.1 Å². The molecule has 3 heteroatoms. The topological polar surface area (TPSA) is 13.1 Å². The van der Waals surface area contributed by atoms with E-state index in [1.165, 1.54) is 0 Å². The van der Waals surface area contributed by atoms with Crippen LogP contribution in [0.1, 0.15) is 12.2 Å². The van der Waals surface area contributed by atoms with Gasteiger partial charge in [0.05, 0.1) is 0 Å². The molecule has 0 saturated carbocycles. The molecule has 1 nitrogen and oxygen atoms in total. The molecule has 0 unspecified atom stereocenters. The molecule has 18 heavy (non-hydrogen) atoms. The molecule has 0 radical (unpaired) electrons. The van der Waals surface area contributed by atoms with Gasteiger partial charge in [-0.1, -0.05) is 48.5 Å². The van der Waals surface area contributed by atoms with Crippen LogP contribution in [-0.2, 0) is 0 Å². The molecule has 3 aromatic rings. The normalized spacial score (nSPS) is 11.3. The standard InChI is InChI=1S/C15H10F2O/c16-15(17)14-13(10-6-2-1-3-7-10)11-8-4-5-9-12(11)18-14/h1-9,15H. The number of halogens is 2. The van der Waals surface area contributed by atoms with E-state index in [-0.39, 0.29) is 5.76 Å². The highest BCUT2D eigenvalue weighted by Gasteiger charge is 2.22. The number of benzene rings is 2. The molecule has 0 saturated heterocycles. The Hall–Kier alpha value is -2.16. The number of furan rings is 1. The van der Waals surface area contributed by atoms with Gasteiger partial charge >= 0.3 is 0 Å². The molecule has 0 fully saturated rings. The Bertz CT molecular complexity index is 671. The fourth-order valence-corrected chi connectivity index (χ4v) is 2.12. The maximum absolute atomic E-state index is 13.1. The summed E-state index contributed by atoms with van der Waals surface area (Å²) in [5, 5.41) is 0.721. The van der Waals surface area contributed by atoms with Crippen LogP contribution in [0.15, 0.2) is 59.0 Å². The molecule has 90 valence electrons. The van der Waals surface area contributed by atoms with Crippen molar-refractivity contribution in [2.45, 2.75) is 6.43 Å². The molecule has 0 aliphatic rings. The van der Waals surface area contributed by atoms with E-state index in [0.29, 0.717) is 11.1 Å². The van der Waals surface area contributed by atoms with Gasteiger partial charge in [0.25, 0.3) is 6.43 Å². The van der Waals surface area contributed by atoms with Crippen LogP contribution in [-0.4, -0.2) is 0 Å². The van der Waals surface area contributed by atoms with Gasteiger partial charge in [0.2, 0.25) is 0 Å². The van der Waals surface area contributed by atoms with Crippen LogP contribution in [0.2, 0.25) is 0 Å². The SMILES string of the molecule is FC(F)c1oc2ccccc2c1-c1ccccc1. The minimum absolute atomic E-state index is 0.262. The van der Waals surface area contributed by atoms with Crippen LogP contribution in [0.4, 0.5) is 8.78 Å². The highest BCUT2D eigenvalue weighted by Crippen LogP contribution is 2.39. The average Bonchev–Trinajstić information content (AvgIpc) is 2.79. The van der Waals surface area contributed by atoms with Crippen molar-refractivity contribution < 1.29 is 13.2 Å². The third-order valence-corrected chi connectivity index (χ3v) is 2.88. The van der Waals surface area contributed by atoms with Gasteiger partial charge in [-0.2, -0.15) is 0 Å². The van der Waals surface area contributed by atoms with Crippen LogP contribution in [0.3, 0.4) is 0 Å². The molecular formula is C15H10F2O. The second kappa shape index (κ2) is 4.26. The molecule has 2 aromatic carbocycles. The molecule has 0 atom stereocenters. The summed E-state index contributed by atoms with van der Waals surface area (Å²) in [5.74, 6) is -0.262. The monoisotopic (exact) mass is 244 g/mol. The molecule has 0 spiro atoms. The number of hydrogen-bond acceptors (Lipinski definition) is 1. The van der Waals surface area contributed by atoms with Crippen LogP contribution in [0.5, 0.6) is 0 Å². The van der Waals surface area contributed by atoms with E-state index in [1.54, 1.807) is 18.2 Å². The quantitative estimate of drug-likeness (QED) is 0.615. The number of alkyl halides is 2. The maximum Gasteiger partial charge on any atom is 0.296 e. The number of hydrogen-bond donors (Lipinski definition) is 0. The minimum Gasteiger partial charge on any atom is -0.454 e. The first-order valence-corrected chi connectivity index (χ1v) is 5.62. The molecule has 0 aliphatic heterocycles. The smallest absolute Gasteiger partial charge is 0.296 e. The Morgan fingerprint density at radius 3 is 2.22 bits per heavy atom. The fourth-order valence-electron chi connectivity index (χ4n) is 2.12. The van der Waals surface area contributed by atoms with E-state index in [0.717, 1.165) is 10.9 Å². The van der Waals surface area contributed by atoms with Gasteiger partial charge in [-0.05, 0) is 11.6 Å². The summed E-state index contributed by atoms with van der Waals surface area (Å²) in [6, 6.07) is 16.2. The van der Waals surface area contributed by atoms with E-state index in [4.69, 9.17) is 4.42 Å². The lowest BCUT2D eigenvalue weighted by Gasteiger charge is -2.02. The van der Waals surface area contributed by atoms with Crippen molar-refractivity contribution in [1.82, 2.24) is 0 Å². The Morgan fingerprint density at radius 2 is 1.50 bits per heavy atom. The molecule has 3 rings (SSSR count). The van der Waals surface area contributed by atoms with Crippen LogP contribution in [0, 0.1) is 0 Å². The summed E-state index contributed by atoms with van der Waals surface area (Å²) < 4.78 is 31.4. The second-order valence-corrected chi connectivity index (χ2v) is 4.00. The zero-order valence-electron chi connectivity index (χ0n) is 9.44. The van der Waals surface area contributed by atoms with Gasteiger partial charge in [0.15, 0.2) is 5.76 Å². The molecule has 1 heterocycles. The molecule has 1 aromatic heterocycles. The fraction of sp³-hybridized carbons (Fsp3) is 0.0667. The zero-order chi connectivity index (χ0) is 12.5. The Labute approximate surface area is 103 Å². The van der Waals surface area contributed by atoms with Crippen molar-refractivity contribution in [3.05, 3.63) is 60.4 Å². The summed E-state index contributed by atoms with van der Waals surface area (Å²) in [6.45, 7) is 0. The molecule has 0 aliphatic carbocycles. The van der Waals surface area contributed by atoms with Gasteiger partial charge < -0.3 is 4.42 Å². The molecule has 0 N–H and O–H groups in total. The van der Waals surface area contributed by atoms with Gasteiger partial charge in [-0.25, -0.2) is 8.78 Å². The number of para-hydroxylation sites is 1. The highest BCUT2D eigenvalue weighted by atomic mass is 19.3. The Kier molecular flexibility index (Phi) is 2.59. The lowest BCUT2D eigenvalue weighted by Crippen LogP contribution is -1.85. The Balaban J connectivity index is 2.35. The predicted octanol–water partition coefficient (Wildman–Crippen LogP) is 5.04. The van der Waals surface area contributed by atoms with Crippen molar-refractivity contribution in [3.8, 4) is 11.1 Å². The van der Waals surface area contributed by atoms with Crippen LogP contribution >= 0.6 is 0 Å². The number of rotatable bonds is 2. The first-order valence-electron chi connectivity index (χ1n) is 5.62. The van der Waals surface area contributed by atoms with E-state index in [9.17, 15) is 8.78 Å². The van der Waals surface area contributed by atoms with Crippen molar-refractivity contribution in [2.24, 2.45) is 0 Å². The van der Waals surface area contributed by atoms with Gasteiger partial charge in [0.1, 0.15) is 5.58 Å². The highest BCUT2D eigenvalue weighted by molar-refractivity contribution is 5.95. The van der Waals surface area contributed by atoms with E-state index in [2.05, 4.69) is 0 Å². The van der Waals surface area contributed by atoms with Gasteiger partial charge in [-0.3, -0.25) is 0 Å². The number of fused-ring (bicyclic) bond motifs is 1. The summed E-state index contributed by atoms with van der Waals surface area (Å²) in [5.41, 5.74) is 1.73. The first kappa shape index (κ1) is 11.0. The zero-order valence-corrected chi connectivity index (χ0v) is 9.44. The lowest BCUT2D eigenvalue weighted by molar-refractivity contribution is 0.125. The van der Waals surface area contributed by atoms with Crippen molar-refractivity contribution in [1.29, 1.82) is 0 Å². The summed E-state index contributed by atoms with van der Waals surface area (Å²) in [6.07, 6.45) is -2.62. The van der Waals surface area contributed by atoms with Crippen molar-refractivity contribution >= 4 is 11.0 Å². The maximum atomic E-state index is 13.1. The first-order chi connectivity index (χ1) is 8.77. The summed E-state index contributed by atoms with van der Waals surface area (Å²) >= 11 is 0. The Morgan fingerprint density at radius 1 is 0.833 bits per heavy atom. The predicted molar refractivity (Wildman–Crippen MR) is 66.6 cm³/mol. The van der Waals surface area contributed by atoms with Crippen molar-refractivity contribution in [2.75, 3.05) is 0 Å². The largest absolute Gasteiger partial charge is 0.454 e. The minimum atomic E-state index is -2.62. The van der Waals surface area contributed by atoms with E-state index in [1.807, 2.05) is 36.4 Å².